The summed E-state index contributed by atoms with van der Waals surface area (Å²) in [4.78, 5) is 0.841. The molecule has 7 nitrogen and oxygen atoms in total. The molecule has 0 atom stereocenters. The topological polar surface area (TPSA) is 103 Å². The van der Waals surface area contributed by atoms with Crippen LogP contribution in [0, 0.1) is 0 Å². The first-order chi connectivity index (χ1) is 9.03. The van der Waals surface area contributed by atoms with Crippen LogP contribution in [0.3, 0.4) is 0 Å². The molecule has 0 unspecified atom stereocenters. The lowest BCUT2D eigenvalue weighted by Crippen LogP contribution is -2.26. The van der Waals surface area contributed by atoms with Gasteiger partial charge in [-0.25, -0.2) is 13.1 Å². The van der Waals surface area contributed by atoms with Gasteiger partial charge in [0.25, 0.3) is 0 Å². The van der Waals surface area contributed by atoms with Gasteiger partial charge in [-0.3, -0.25) is 0 Å². The smallest absolute Gasteiger partial charge is 0.250 e. The Balaban J connectivity index is 1.96. The van der Waals surface area contributed by atoms with Crippen molar-refractivity contribution in [1.29, 1.82) is 0 Å². The van der Waals surface area contributed by atoms with E-state index >= 15 is 0 Å². The van der Waals surface area contributed by atoms with Crippen LogP contribution in [0.15, 0.2) is 22.7 Å². The molecule has 0 radical (unpaired) electrons. The quantitative estimate of drug-likeness (QED) is 0.773. The Hall–Kier alpha value is -1.29. The van der Waals surface area contributed by atoms with Gasteiger partial charge in [-0.15, -0.1) is 21.5 Å². The third kappa shape index (κ3) is 3.38. The van der Waals surface area contributed by atoms with Crippen molar-refractivity contribution in [2.45, 2.75) is 17.2 Å². The highest BCUT2D eigenvalue weighted by Crippen LogP contribution is 2.20. The largest absolute Gasteiger partial charge is 0.326 e. The van der Waals surface area contributed by atoms with Crippen molar-refractivity contribution in [1.82, 2.24) is 19.5 Å². The second-order valence-corrected chi connectivity index (χ2v) is 7.09. The summed E-state index contributed by atoms with van der Waals surface area (Å²) in [5, 5.41) is 7.62. The van der Waals surface area contributed by atoms with Crippen LogP contribution in [0.1, 0.15) is 10.7 Å². The van der Waals surface area contributed by atoms with Crippen LogP contribution in [-0.2, 0) is 30.0 Å². The van der Waals surface area contributed by atoms with E-state index < -0.39 is 10.0 Å². The van der Waals surface area contributed by atoms with Gasteiger partial charge in [0, 0.05) is 31.4 Å². The summed E-state index contributed by atoms with van der Waals surface area (Å²) in [5.74, 6) is 0.733. The molecule has 2 aromatic heterocycles. The van der Waals surface area contributed by atoms with Crippen molar-refractivity contribution in [3.8, 4) is 0 Å². The lowest BCUT2D eigenvalue weighted by atomic mass is 10.4. The molecular weight excluding hydrogens is 286 g/mol. The molecular formula is C10H15N5O2S2. The summed E-state index contributed by atoms with van der Waals surface area (Å²) in [7, 11) is -1.64. The Bertz CT molecular complexity index is 646. The molecule has 0 aliphatic rings. The van der Waals surface area contributed by atoms with Crippen LogP contribution in [0.2, 0.25) is 0 Å². The van der Waals surface area contributed by atoms with Gasteiger partial charge in [0.1, 0.15) is 16.4 Å². The van der Waals surface area contributed by atoms with Crippen LogP contribution < -0.4 is 10.5 Å². The summed E-state index contributed by atoms with van der Waals surface area (Å²) < 4.78 is 28.6. The number of aryl methyl sites for hydroxylation is 1. The van der Waals surface area contributed by atoms with Gasteiger partial charge in [0.05, 0.1) is 0 Å². The minimum atomic E-state index is -3.46. The lowest BCUT2D eigenvalue weighted by molar-refractivity contribution is 0.582. The minimum absolute atomic E-state index is 0.282. The van der Waals surface area contributed by atoms with E-state index in [0.29, 0.717) is 13.0 Å². The molecule has 0 aliphatic carbocycles. The lowest BCUT2D eigenvalue weighted by Gasteiger charge is -2.04. The summed E-state index contributed by atoms with van der Waals surface area (Å²) in [6.07, 6.45) is 2.07. The minimum Gasteiger partial charge on any atom is -0.326 e. The first kappa shape index (κ1) is 14.1. The predicted octanol–water partition coefficient (Wildman–Crippen LogP) is -0.144. The Labute approximate surface area is 115 Å². The standard InChI is InChI=1S/C10H15N5O2S2/c1-15-7-12-14-9(15)4-5-13-19(16,17)10-3-2-8(6-11)18-10/h2-3,7,13H,4-6,11H2,1H3. The molecule has 2 aromatic rings. The number of hydrogen-bond acceptors (Lipinski definition) is 6. The molecule has 0 aromatic carbocycles. The van der Waals surface area contributed by atoms with E-state index in [4.69, 9.17) is 5.73 Å². The third-order valence-corrected chi connectivity index (χ3v) is 5.61. The zero-order valence-electron chi connectivity index (χ0n) is 10.4. The van der Waals surface area contributed by atoms with Gasteiger partial charge >= 0.3 is 0 Å². The fourth-order valence-electron chi connectivity index (χ4n) is 1.51. The van der Waals surface area contributed by atoms with E-state index in [0.717, 1.165) is 10.7 Å². The number of nitrogens with zero attached hydrogens (tertiary/aromatic N) is 3. The predicted molar refractivity (Wildman–Crippen MR) is 72.1 cm³/mol. The van der Waals surface area contributed by atoms with Crippen molar-refractivity contribution < 1.29 is 8.42 Å². The van der Waals surface area contributed by atoms with Gasteiger partial charge in [0.2, 0.25) is 10.0 Å². The van der Waals surface area contributed by atoms with Gasteiger partial charge < -0.3 is 10.3 Å². The van der Waals surface area contributed by atoms with E-state index in [2.05, 4.69) is 14.9 Å². The molecule has 9 heteroatoms. The maximum absolute atomic E-state index is 12.0. The molecule has 3 N–H and O–H groups in total. The fraction of sp³-hybridized carbons (Fsp3) is 0.400. The average molecular weight is 301 g/mol. The Morgan fingerprint density at radius 2 is 2.26 bits per heavy atom. The van der Waals surface area contributed by atoms with Gasteiger partial charge in [0.15, 0.2) is 0 Å². The van der Waals surface area contributed by atoms with Crippen LogP contribution in [0.25, 0.3) is 0 Å². The van der Waals surface area contributed by atoms with Crippen molar-refractivity contribution in [3.63, 3.8) is 0 Å². The molecule has 19 heavy (non-hydrogen) atoms. The zero-order chi connectivity index (χ0) is 13.9. The first-order valence-electron chi connectivity index (χ1n) is 5.64. The molecule has 104 valence electrons. The summed E-state index contributed by atoms with van der Waals surface area (Å²) in [6.45, 7) is 0.629. The summed E-state index contributed by atoms with van der Waals surface area (Å²) in [5.41, 5.74) is 5.46. The number of nitrogens with two attached hydrogens (primary N) is 1. The summed E-state index contributed by atoms with van der Waals surface area (Å²) >= 11 is 1.18. The first-order valence-corrected chi connectivity index (χ1v) is 7.94. The molecule has 0 amide bonds. The fourth-order valence-corrected chi connectivity index (χ4v) is 3.83. The highest BCUT2D eigenvalue weighted by Gasteiger charge is 2.16. The van der Waals surface area contributed by atoms with Gasteiger partial charge in [-0.1, -0.05) is 0 Å². The van der Waals surface area contributed by atoms with Crippen molar-refractivity contribution in [2.75, 3.05) is 6.54 Å². The maximum Gasteiger partial charge on any atom is 0.250 e. The van der Waals surface area contributed by atoms with Crippen molar-refractivity contribution in [2.24, 2.45) is 12.8 Å². The number of sulfonamides is 1. The van der Waals surface area contributed by atoms with E-state index in [1.807, 2.05) is 7.05 Å². The van der Waals surface area contributed by atoms with E-state index in [9.17, 15) is 8.42 Å². The molecule has 0 bridgehead atoms. The molecule has 0 saturated heterocycles. The van der Waals surface area contributed by atoms with Crippen LogP contribution >= 0.6 is 11.3 Å². The number of aromatic nitrogens is 3. The van der Waals surface area contributed by atoms with Gasteiger partial charge in [-0.05, 0) is 12.1 Å². The van der Waals surface area contributed by atoms with Crippen LogP contribution in [0.4, 0.5) is 0 Å². The Morgan fingerprint density at radius 3 is 2.84 bits per heavy atom. The second kappa shape index (κ2) is 5.78. The zero-order valence-corrected chi connectivity index (χ0v) is 12.0. The Morgan fingerprint density at radius 1 is 1.47 bits per heavy atom. The number of nitrogens with one attached hydrogen (secondary N) is 1. The Kier molecular flexibility index (Phi) is 4.30. The van der Waals surface area contributed by atoms with Crippen LogP contribution in [-0.4, -0.2) is 29.7 Å². The second-order valence-electron chi connectivity index (χ2n) is 3.93. The van der Waals surface area contributed by atoms with Crippen molar-refractivity contribution >= 4 is 21.4 Å². The SMILES string of the molecule is Cn1cnnc1CCNS(=O)(=O)c1ccc(CN)s1. The highest BCUT2D eigenvalue weighted by atomic mass is 32.2. The number of rotatable bonds is 6. The highest BCUT2D eigenvalue weighted by molar-refractivity contribution is 7.91. The normalized spacial score (nSPS) is 11.9. The van der Waals surface area contributed by atoms with Crippen LogP contribution in [0.5, 0.6) is 0 Å². The van der Waals surface area contributed by atoms with E-state index in [1.54, 1.807) is 23.0 Å². The molecule has 0 fully saturated rings. The number of thiophene rings is 1. The van der Waals surface area contributed by atoms with Crippen molar-refractivity contribution in [3.05, 3.63) is 29.2 Å². The number of hydrogen-bond donors (Lipinski definition) is 2. The third-order valence-electron chi connectivity index (χ3n) is 2.55. The van der Waals surface area contributed by atoms with E-state index in [-0.39, 0.29) is 10.8 Å². The monoisotopic (exact) mass is 301 g/mol. The van der Waals surface area contributed by atoms with Gasteiger partial charge in [-0.2, -0.15) is 0 Å². The van der Waals surface area contributed by atoms with E-state index in [1.165, 1.54) is 11.3 Å². The summed E-state index contributed by atoms with van der Waals surface area (Å²) in [6, 6.07) is 3.29. The maximum atomic E-state index is 12.0. The molecule has 2 rings (SSSR count). The molecule has 0 aliphatic heterocycles. The molecule has 2 heterocycles. The molecule has 0 saturated carbocycles. The average Bonchev–Trinajstić information content (AvgIpc) is 2.99. The molecule has 0 spiro atoms.